The quantitative estimate of drug-likeness (QED) is 0.671. The SMILES string of the molecule is CCNC(C)(CCCCN1CCC(C)(C)CC1)C(N)=O. The van der Waals surface area contributed by atoms with E-state index in [1.165, 1.54) is 25.9 Å². The number of nitrogens with zero attached hydrogens (tertiary/aromatic N) is 1. The number of primary amides is 1. The number of piperidine rings is 1. The zero-order chi connectivity index (χ0) is 15.2. The Kier molecular flexibility index (Phi) is 6.46. The summed E-state index contributed by atoms with van der Waals surface area (Å²) in [4.78, 5) is 14.1. The Morgan fingerprint density at radius 2 is 1.90 bits per heavy atom. The van der Waals surface area contributed by atoms with Crippen LogP contribution in [0.5, 0.6) is 0 Å². The Morgan fingerprint density at radius 3 is 2.40 bits per heavy atom. The first-order valence-electron chi connectivity index (χ1n) is 8.06. The number of likely N-dealkylation sites (tertiary alicyclic amines) is 1. The van der Waals surface area contributed by atoms with Crippen molar-refractivity contribution in [1.29, 1.82) is 0 Å². The predicted octanol–water partition coefficient (Wildman–Crippen LogP) is 2.13. The molecule has 0 aromatic rings. The molecule has 1 rings (SSSR count). The van der Waals surface area contributed by atoms with E-state index in [4.69, 9.17) is 5.73 Å². The number of unbranched alkanes of at least 4 members (excludes halogenated alkanes) is 1. The molecule has 0 aliphatic carbocycles. The van der Waals surface area contributed by atoms with Gasteiger partial charge in [0, 0.05) is 0 Å². The summed E-state index contributed by atoms with van der Waals surface area (Å²) in [5.74, 6) is -0.237. The van der Waals surface area contributed by atoms with Gasteiger partial charge in [0.05, 0.1) is 5.54 Å². The van der Waals surface area contributed by atoms with Crippen molar-refractivity contribution in [3.05, 3.63) is 0 Å². The largest absolute Gasteiger partial charge is 0.368 e. The molecule has 20 heavy (non-hydrogen) atoms. The van der Waals surface area contributed by atoms with Crippen LogP contribution >= 0.6 is 0 Å². The van der Waals surface area contributed by atoms with Gasteiger partial charge in [0.2, 0.25) is 5.91 Å². The molecule has 0 bridgehead atoms. The first kappa shape index (κ1) is 17.4. The van der Waals surface area contributed by atoms with Crippen molar-refractivity contribution in [2.24, 2.45) is 11.1 Å². The van der Waals surface area contributed by atoms with Gasteiger partial charge in [-0.25, -0.2) is 0 Å². The summed E-state index contributed by atoms with van der Waals surface area (Å²) in [6.07, 6.45) is 5.61. The molecule has 1 atom stereocenters. The third kappa shape index (κ3) is 5.41. The second-order valence-corrected chi connectivity index (χ2v) is 7.19. The van der Waals surface area contributed by atoms with E-state index < -0.39 is 5.54 Å². The lowest BCUT2D eigenvalue weighted by Gasteiger charge is -2.37. The Labute approximate surface area is 124 Å². The molecule has 1 heterocycles. The van der Waals surface area contributed by atoms with Crippen LogP contribution in [0.1, 0.15) is 59.8 Å². The zero-order valence-electron chi connectivity index (χ0n) is 13.8. The molecule has 4 nitrogen and oxygen atoms in total. The molecule has 0 aromatic carbocycles. The summed E-state index contributed by atoms with van der Waals surface area (Å²) in [6.45, 7) is 13.0. The van der Waals surface area contributed by atoms with Gasteiger partial charge in [-0.2, -0.15) is 0 Å². The van der Waals surface area contributed by atoms with E-state index in [0.29, 0.717) is 5.41 Å². The number of nitrogens with one attached hydrogen (secondary N) is 1. The highest BCUT2D eigenvalue weighted by molar-refractivity contribution is 5.84. The van der Waals surface area contributed by atoms with Crippen LogP contribution in [0.4, 0.5) is 0 Å². The highest BCUT2D eigenvalue weighted by Crippen LogP contribution is 2.29. The molecule has 118 valence electrons. The highest BCUT2D eigenvalue weighted by atomic mass is 16.1. The maximum absolute atomic E-state index is 11.5. The van der Waals surface area contributed by atoms with E-state index in [1.807, 2.05) is 13.8 Å². The Morgan fingerprint density at radius 1 is 1.30 bits per heavy atom. The van der Waals surface area contributed by atoms with Gasteiger partial charge >= 0.3 is 0 Å². The standard InChI is InChI=1S/C16H33N3O/c1-5-18-16(4,14(17)20)8-6-7-11-19-12-9-15(2,3)10-13-19/h18H,5-13H2,1-4H3,(H2,17,20). The van der Waals surface area contributed by atoms with Crippen LogP contribution in [0.3, 0.4) is 0 Å². The molecule has 1 aliphatic rings. The topological polar surface area (TPSA) is 58.4 Å². The minimum absolute atomic E-state index is 0.237. The molecule has 0 aromatic heterocycles. The number of carbonyl (C=O) groups excluding carboxylic acids is 1. The van der Waals surface area contributed by atoms with Crippen LogP contribution < -0.4 is 11.1 Å². The van der Waals surface area contributed by atoms with E-state index in [1.54, 1.807) is 0 Å². The molecule has 0 radical (unpaired) electrons. The van der Waals surface area contributed by atoms with Crippen LogP contribution in [-0.4, -0.2) is 42.5 Å². The average molecular weight is 283 g/mol. The van der Waals surface area contributed by atoms with Gasteiger partial charge in [-0.3, -0.25) is 4.79 Å². The Hall–Kier alpha value is -0.610. The van der Waals surface area contributed by atoms with Crippen molar-refractivity contribution >= 4 is 5.91 Å². The van der Waals surface area contributed by atoms with Gasteiger partial charge in [-0.15, -0.1) is 0 Å². The molecule has 0 saturated carbocycles. The van der Waals surface area contributed by atoms with E-state index in [2.05, 4.69) is 24.1 Å². The molecule has 3 N–H and O–H groups in total. The number of amides is 1. The highest BCUT2D eigenvalue weighted by Gasteiger charge is 2.29. The van der Waals surface area contributed by atoms with Gasteiger partial charge < -0.3 is 16.0 Å². The molecule has 1 amide bonds. The summed E-state index contributed by atoms with van der Waals surface area (Å²) < 4.78 is 0. The van der Waals surface area contributed by atoms with Crippen molar-refractivity contribution in [1.82, 2.24) is 10.2 Å². The average Bonchev–Trinajstić information content (AvgIpc) is 2.36. The monoisotopic (exact) mass is 283 g/mol. The number of hydrogen-bond donors (Lipinski definition) is 2. The van der Waals surface area contributed by atoms with E-state index in [-0.39, 0.29) is 5.91 Å². The fraction of sp³-hybridized carbons (Fsp3) is 0.938. The van der Waals surface area contributed by atoms with E-state index in [0.717, 1.165) is 32.4 Å². The number of carbonyl (C=O) groups is 1. The molecule has 1 fully saturated rings. The number of likely N-dealkylation sites (N-methyl/N-ethyl adjacent to an activating group) is 1. The number of rotatable bonds is 8. The Bertz CT molecular complexity index is 307. The van der Waals surface area contributed by atoms with Crippen molar-refractivity contribution in [3.63, 3.8) is 0 Å². The van der Waals surface area contributed by atoms with Crippen LogP contribution in [0.25, 0.3) is 0 Å². The van der Waals surface area contributed by atoms with Crippen molar-refractivity contribution in [2.45, 2.75) is 65.3 Å². The van der Waals surface area contributed by atoms with Gasteiger partial charge in [0.25, 0.3) is 0 Å². The maximum atomic E-state index is 11.5. The van der Waals surface area contributed by atoms with Crippen LogP contribution in [0.15, 0.2) is 0 Å². The molecular weight excluding hydrogens is 250 g/mol. The lowest BCUT2D eigenvalue weighted by Crippen LogP contribution is -2.53. The summed E-state index contributed by atoms with van der Waals surface area (Å²) >= 11 is 0. The van der Waals surface area contributed by atoms with Crippen LogP contribution in [0.2, 0.25) is 0 Å². The van der Waals surface area contributed by atoms with Gasteiger partial charge in [-0.05, 0) is 70.6 Å². The van der Waals surface area contributed by atoms with Crippen molar-refractivity contribution in [3.8, 4) is 0 Å². The normalized spacial score (nSPS) is 22.4. The summed E-state index contributed by atoms with van der Waals surface area (Å²) in [6, 6.07) is 0. The van der Waals surface area contributed by atoms with Gasteiger partial charge in [0.1, 0.15) is 0 Å². The van der Waals surface area contributed by atoms with E-state index in [9.17, 15) is 4.79 Å². The first-order valence-corrected chi connectivity index (χ1v) is 8.06. The second-order valence-electron chi connectivity index (χ2n) is 7.19. The van der Waals surface area contributed by atoms with Crippen LogP contribution in [0, 0.1) is 5.41 Å². The fourth-order valence-corrected chi connectivity index (χ4v) is 2.88. The van der Waals surface area contributed by atoms with Crippen LogP contribution in [-0.2, 0) is 4.79 Å². The fourth-order valence-electron chi connectivity index (χ4n) is 2.88. The lowest BCUT2D eigenvalue weighted by atomic mass is 9.82. The lowest BCUT2D eigenvalue weighted by molar-refractivity contribution is -0.124. The molecular formula is C16H33N3O. The Balaban J connectivity index is 2.23. The van der Waals surface area contributed by atoms with Gasteiger partial charge in [-0.1, -0.05) is 20.8 Å². The summed E-state index contributed by atoms with van der Waals surface area (Å²) in [5.41, 5.74) is 5.48. The maximum Gasteiger partial charge on any atom is 0.237 e. The molecule has 1 unspecified atom stereocenters. The third-order valence-electron chi connectivity index (χ3n) is 4.72. The minimum Gasteiger partial charge on any atom is -0.368 e. The number of nitrogens with two attached hydrogens (primary N) is 1. The third-order valence-corrected chi connectivity index (χ3v) is 4.72. The number of hydrogen-bond acceptors (Lipinski definition) is 3. The zero-order valence-corrected chi connectivity index (χ0v) is 13.8. The minimum atomic E-state index is -0.543. The smallest absolute Gasteiger partial charge is 0.237 e. The van der Waals surface area contributed by atoms with Crippen molar-refractivity contribution < 1.29 is 4.79 Å². The molecule has 0 spiro atoms. The molecule has 4 heteroatoms. The van der Waals surface area contributed by atoms with Gasteiger partial charge in [0.15, 0.2) is 0 Å². The van der Waals surface area contributed by atoms with Crippen molar-refractivity contribution in [2.75, 3.05) is 26.2 Å². The summed E-state index contributed by atoms with van der Waals surface area (Å²) in [7, 11) is 0. The predicted molar refractivity (Wildman–Crippen MR) is 84.6 cm³/mol. The molecule has 1 aliphatic heterocycles. The summed E-state index contributed by atoms with van der Waals surface area (Å²) in [5, 5.41) is 3.22. The first-order chi connectivity index (χ1) is 9.29. The molecule has 1 saturated heterocycles. The van der Waals surface area contributed by atoms with E-state index >= 15 is 0 Å². The second kappa shape index (κ2) is 7.41.